The zero-order chi connectivity index (χ0) is 17.8. The van der Waals surface area contributed by atoms with Gasteiger partial charge in [0.1, 0.15) is 5.75 Å². The molecule has 1 saturated carbocycles. The van der Waals surface area contributed by atoms with Crippen molar-refractivity contribution in [3.63, 3.8) is 0 Å². The van der Waals surface area contributed by atoms with Crippen molar-refractivity contribution in [1.82, 2.24) is 5.32 Å². The first-order valence-corrected chi connectivity index (χ1v) is 8.43. The van der Waals surface area contributed by atoms with Gasteiger partial charge >= 0.3 is 0 Å². The van der Waals surface area contributed by atoms with Crippen molar-refractivity contribution in [3.8, 4) is 5.75 Å². The van der Waals surface area contributed by atoms with Gasteiger partial charge in [0.15, 0.2) is 6.61 Å². The molecular formula is C20H22N2O3. The summed E-state index contributed by atoms with van der Waals surface area (Å²) in [5, 5.41) is 5.70. The summed E-state index contributed by atoms with van der Waals surface area (Å²) < 4.78 is 5.66. The van der Waals surface area contributed by atoms with E-state index in [-0.39, 0.29) is 24.5 Å². The standard InChI is InChI=1S/C20H22N2O3/c1-13-6-5-7-14(2)19(13)25-12-18(23)22-17-9-4-3-8-16(17)20(24)21-15-10-11-15/h3-9,15H,10-12H2,1-2H3,(H,21,24)(H,22,23). The van der Waals surface area contributed by atoms with Crippen LogP contribution in [0.2, 0.25) is 0 Å². The van der Waals surface area contributed by atoms with E-state index in [0.717, 1.165) is 29.7 Å². The minimum Gasteiger partial charge on any atom is -0.483 e. The SMILES string of the molecule is Cc1cccc(C)c1OCC(=O)Nc1ccccc1C(=O)NC1CC1. The van der Waals surface area contributed by atoms with E-state index in [1.54, 1.807) is 24.3 Å². The number of rotatable bonds is 6. The number of carbonyl (C=O) groups excluding carboxylic acids is 2. The minimum atomic E-state index is -0.297. The van der Waals surface area contributed by atoms with Crippen LogP contribution in [0.15, 0.2) is 42.5 Å². The van der Waals surface area contributed by atoms with E-state index in [0.29, 0.717) is 11.3 Å². The van der Waals surface area contributed by atoms with Crippen LogP contribution < -0.4 is 15.4 Å². The molecule has 0 saturated heterocycles. The Labute approximate surface area is 147 Å². The van der Waals surface area contributed by atoms with Crippen LogP contribution in [0.1, 0.15) is 34.3 Å². The molecule has 1 aliphatic rings. The third-order valence-electron chi connectivity index (χ3n) is 4.11. The van der Waals surface area contributed by atoms with E-state index in [4.69, 9.17) is 4.74 Å². The van der Waals surface area contributed by atoms with E-state index >= 15 is 0 Å². The zero-order valence-corrected chi connectivity index (χ0v) is 14.5. The van der Waals surface area contributed by atoms with Crippen LogP contribution >= 0.6 is 0 Å². The maximum Gasteiger partial charge on any atom is 0.262 e. The molecule has 2 aromatic rings. The first kappa shape index (κ1) is 17.0. The number of hydrogen-bond acceptors (Lipinski definition) is 3. The molecule has 0 spiro atoms. The van der Waals surface area contributed by atoms with Gasteiger partial charge in [-0.1, -0.05) is 30.3 Å². The van der Waals surface area contributed by atoms with Gasteiger partial charge in [0, 0.05) is 6.04 Å². The average molecular weight is 338 g/mol. The summed E-state index contributed by atoms with van der Waals surface area (Å²) in [5.74, 6) is 0.265. The largest absolute Gasteiger partial charge is 0.483 e. The van der Waals surface area contributed by atoms with Crippen LogP contribution in [0.5, 0.6) is 5.75 Å². The highest BCUT2D eigenvalue weighted by Crippen LogP contribution is 2.23. The second-order valence-corrected chi connectivity index (χ2v) is 6.35. The molecule has 130 valence electrons. The Morgan fingerprint density at radius 3 is 2.40 bits per heavy atom. The molecule has 0 unspecified atom stereocenters. The summed E-state index contributed by atoms with van der Waals surface area (Å²) in [6, 6.07) is 13.1. The van der Waals surface area contributed by atoms with Crippen LogP contribution in [-0.2, 0) is 4.79 Å². The van der Waals surface area contributed by atoms with E-state index in [1.807, 2.05) is 32.0 Å². The van der Waals surface area contributed by atoms with E-state index < -0.39 is 0 Å². The predicted molar refractivity (Wildman–Crippen MR) is 97.0 cm³/mol. The van der Waals surface area contributed by atoms with Crippen LogP contribution in [-0.4, -0.2) is 24.5 Å². The number of aryl methyl sites for hydroxylation is 2. The Balaban J connectivity index is 1.64. The number of carbonyl (C=O) groups is 2. The highest BCUT2D eigenvalue weighted by Gasteiger charge is 2.25. The first-order chi connectivity index (χ1) is 12.0. The van der Waals surface area contributed by atoms with E-state index in [1.165, 1.54) is 0 Å². The summed E-state index contributed by atoms with van der Waals surface area (Å²) in [6.07, 6.45) is 2.04. The number of para-hydroxylation sites is 2. The predicted octanol–water partition coefficient (Wildman–Crippen LogP) is 3.21. The number of hydrogen-bond donors (Lipinski definition) is 2. The molecule has 0 atom stereocenters. The van der Waals surface area contributed by atoms with Crippen molar-refractivity contribution in [2.75, 3.05) is 11.9 Å². The second kappa shape index (κ2) is 7.38. The Hall–Kier alpha value is -2.82. The number of benzene rings is 2. The summed E-state index contributed by atoms with van der Waals surface area (Å²) in [5.41, 5.74) is 2.93. The molecule has 0 aromatic heterocycles. The Bertz CT molecular complexity index is 777. The third-order valence-corrected chi connectivity index (χ3v) is 4.11. The molecule has 3 rings (SSSR count). The van der Waals surface area contributed by atoms with Crippen molar-refractivity contribution < 1.29 is 14.3 Å². The van der Waals surface area contributed by atoms with Crippen molar-refractivity contribution in [2.45, 2.75) is 32.7 Å². The fourth-order valence-electron chi connectivity index (χ4n) is 2.63. The summed E-state index contributed by atoms with van der Waals surface area (Å²) in [4.78, 5) is 24.5. The van der Waals surface area contributed by atoms with Gasteiger partial charge in [-0.05, 0) is 49.9 Å². The number of ether oxygens (including phenoxy) is 1. The fourth-order valence-corrected chi connectivity index (χ4v) is 2.63. The van der Waals surface area contributed by atoms with Gasteiger partial charge in [-0.25, -0.2) is 0 Å². The van der Waals surface area contributed by atoms with Gasteiger partial charge in [0.2, 0.25) is 0 Å². The number of nitrogens with one attached hydrogen (secondary N) is 2. The summed E-state index contributed by atoms with van der Waals surface area (Å²) >= 11 is 0. The minimum absolute atomic E-state index is 0.107. The maximum atomic E-state index is 12.3. The molecule has 2 N–H and O–H groups in total. The normalized spacial score (nSPS) is 13.2. The molecule has 0 radical (unpaired) electrons. The highest BCUT2D eigenvalue weighted by atomic mass is 16.5. The number of anilines is 1. The maximum absolute atomic E-state index is 12.3. The smallest absolute Gasteiger partial charge is 0.262 e. The monoisotopic (exact) mass is 338 g/mol. The summed E-state index contributed by atoms with van der Waals surface area (Å²) in [7, 11) is 0. The van der Waals surface area contributed by atoms with Gasteiger partial charge in [-0.3, -0.25) is 9.59 Å². The van der Waals surface area contributed by atoms with Gasteiger partial charge in [-0.2, -0.15) is 0 Å². The lowest BCUT2D eigenvalue weighted by molar-refractivity contribution is -0.118. The van der Waals surface area contributed by atoms with E-state index in [9.17, 15) is 9.59 Å². The van der Waals surface area contributed by atoms with Gasteiger partial charge < -0.3 is 15.4 Å². The Kier molecular flexibility index (Phi) is 5.03. The van der Waals surface area contributed by atoms with Crippen molar-refractivity contribution in [3.05, 3.63) is 59.2 Å². The third kappa shape index (κ3) is 4.38. The van der Waals surface area contributed by atoms with Crippen LogP contribution in [0.3, 0.4) is 0 Å². The van der Waals surface area contributed by atoms with Gasteiger partial charge in [0.25, 0.3) is 11.8 Å². The van der Waals surface area contributed by atoms with Crippen molar-refractivity contribution in [2.24, 2.45) is 0 Å². The molecule has 1 fully saturated rings. The molecule has 0 aliphatic heterocycles. The zero-order valence-electron chi connectivity index (χ0n) is 14.5. The van der Waals surface area contributed by atoms with Crippen LogP contribution in [0.4, 0.5) is 5.69 Å². The quantitative estimate of drug-likeness (QED) is 0.850. The molecule has 0 bridgehead atoms. The molecule has 0 heterocycles. The molecule has 5 heteroatoms. The van der Waals surface area contributed by atoms with Crippen LogP contribution in [0.25, 0.3) is 0 Å². The highest BCUT2D eigenvalue weighted by molar-refractivity contribution is 6.04. The van der Waals surface area contributed by atoms with Gasteiger partial charge in [0.05, 0.1) is 11.3 Å². The lowest BCUT2D eigenvalue weighted by Crippen LogP contribution is -2.28. The van der Waals surface area contributed by atoms with Crippen molar-refractivity contribution >= 4 is 17.5 Å². The lowest BCUT2D eigenvalue weighted by atomic mass is 10.1. The molecule has 1 aliphatic carbocycles. The Morgan fingerprint density at radius 1 is 1.04 bits per heavy atom. The first-order valence-electron chi connectivity index (χ1n) is 8.43. The van der Waals surface area contributed by atoms with Crippen molar-refractivity contribution in [1.29, 1.82) is 0 Å². The summed E-state index contributed by atoms with van der Waals surface area (Å²) in [6.45, 7) is 3.78. The average Bonchev–Trinajstić information content (AvgIpc) is 3.39. The molecule has 5 nitrogen and oxygen atoms in total. The molecule has 2 amide bonds. The fraction of sp³-hybridized carbons (Fsp3) is 0.300. The topological polar surface area (TPSA) is 67.4 Å². The number of amides is 2. The Morgan fingerprint density at radius 2 is 1.72 bits per heavy atom. The molecule has 25 heavy (non-hydrogen) atoms. The van der Waals surface area contributed by atoms with Gasteiger partial charge in [-0.15, -0.1) is 0 Å². The van der Waals surface area contributed by atoms with Crippen LogP contribution in [0, 0.1) is 13.8 Å². The molecular weight excluding hydrogens is 316 g/mol. The second-order valence-electron chi connectivity index (χ2n) is 6.35. The van der Waals surface area contributed by atoms with E-state index in [2.05, 4.69) is 10.6 Å². The molecule has 2 aromatic carbocycles. The lowest BCUT2D eigenvalue weighted by Gasteiger charge is -2.13.